The fourth-order valence-corrected chi connectivity index (χ4v) is 1.90. The minimum absolute atomic E-state index is 0.0455. The Morgan fingerprint density at radius 1 is 1.50 bits per heavy atom. The zero-order chi connectivity index (χ0) is 13.7. The van der Waals surface area contributed by atoms with Crippen LogP contribution in [-0.4, -0.2) is 30.1 Å². The van der Waals surface area contributed by atoms with E-state index in [0.29, 0.717) is 0 Å². The molecular weight excluding hydrogens is 250 g/mol. The molecule has 0 spiro atoms. The van der Waals surface area contributed by atoms with Crippen molar-refractivity contribution in [3.8, 4) is 0 Å². The van der Waals surface area contributed by atoms with Crippen LogP contribution in [0.25, 0.3) is 0 Å². The van der Waals surface area contributed by atoms with Gasteiger partial charge in [0.05, 0.1) is 7.11 Å². The van der Waals surface area contributed by atoms with Crippen LogP contribution in [0.2, 0.25) is 0 Å². The second-order valence-electron chi connectivity index (χ2n) is 4.16. The quantitative estimate of drug-likeness (QED) is 0.837. The number of halogens is 2. The topological polar surface area (TPSA) is 76.7 Å². The van der Waals surface area contributed by atoms with Crippen molar-refractivity contribution in [1.82, 2.24) is 0 Å². The maximum absolute atomic E-state index is 13.3. The molecule has 0 aliphatic heterocycles. The smallest absolute Gasteiger partial charge is 0.341 e. The van der Waals surface area contributed by atoms with Crippen molar-refractivity contribution in [1.29, 1.82) is 0 Å². The first kappa shape index (κ1) is 12.5. The SMILES string of the molecule is COC(=O)c1cc(C2(C(=O)O)CC2(F)F)oc1C. The molecule has 1 unspecified atom stereocenters. The Hall–Kier alpha value is -1.92. The predicted molar refractivity (Wildman–Crippen MR) is 53.7 cm³/mol. The largest absolute Gasteiger partial charge is 0.480 e. The van der Waals surface area contributed by atoms with Crippen molar-refractivity contribution in [2.45, 2.75) is 24.7 Å². The van der Waals surface area contributed by atoms with Crippen LogP contribution in [0.5, 0.6) is 0 Å². The number of aryl methyl sites for hydroxylation is 1. The van der Waals surface area contributed by atoms with E-state index in [1.807, 2.05) is 0 Å². The molecule has 1 aromatic rings. The van der Waals surface area contributed by atoms with E-state index in [1.54, 1.807) is 0 Å². The molecule has 7 heteroatoms. The van der Waals surface area contributed by atoms with Gasteiger partial charge in [-0.2, -0.15) is 0 Å². The first-order valence-electron chi connectivity index (χ1n) is 5.06. The van der Waals surface area contributed by atoms with Crippen LogP contribution < -0.4 is 0 Å². The molecule has 1 saturated carbocycles. The van der Waals surface area contributed by atoms with Crippen molar-refractivity contribution in [3.05, 3.63) is 23.2 Å². The first-order chi connectivity index (χ1) is 8.26. The fraction of sp³-hybridized carbons (Fsp3) is 0.455. The number of carbonyl (C=O) groups is 2. The molecule has 2 rings (SSSR count). The zero-order valence-corrected chi connectivity index (χ0v) is 9.62. The molecule has 0 amide bonds. The number of hydrogen-bond acceptors (Lipinski definition) is 4. The van der Waals surface area contributed by atoms with E-state index in [2.05, 4.69) is 4.74 Å². The van der Waals surface area contributed by atoms with Gasteiger partial charge in [0.2, 0.25) is 0 Å². The fourth-order valence-electron chi connectivity index (χ4n) is 1.90. The Labute approximate surface area is 100 Å². The summed E-state index contributed by atoms with van der Waals surface area (Å²) in [5.41, 5.74) is -2.40. The van der Waals surface area contributed by atoms with E-state index < -0.39 is 35.5 Å². The van der Waals surface area contributed by atoms with Crippen molar-refractivity contribution in [2.24, 2.45) is 0 Å². The second kappa shape index (κ2) is 3.54. The van der Waals surface area contributed by atoms with Gasteiger partial charge in [-0.15, -0.1) is 0 Å². The first-order valence-corrected chi connectivity index (χ1v) is 5.06. The average molecular weight is 260 g/mol. The lowest BCUT2D eigenvalue weighted by atomic mass is 10.0. The number of furan rings is 1. The van der Waals surface area contributed by atoms with Gasteiger partial charge in [0, 0.05) is 6.42 Å². The number of carboxylic acids is 1. The number of carbonyl (C=O) groups excluding carboxylic acids is 1. The number of methoxy groups -OCH3 is 1. The molecule has 0 saturated heterocycles. The summed E-state index contributed by atoms with van der Waals surface area (Å²) in [5, 5.41) is 8.93. The summed E-state index contributed by atoms with van der Waals surface area (Å²) < 4.78 is 36.0. The van der Waals surface area contributed by atoms with E-state index >= 15 is 0 Å². The number of rotatable bonds is 3. The van der Waals surface area contributed by atoms with Crippen LogP contribution in [0.15, 0.2) is 10.5 Å². The second-order valence-corrected chi connectivity index (χ2v) is 4.16. The Kier molecular flexibility index (Phi) is 2.46. The lowest BCUT2D eigenvalue weighted by molar-refractivity contribution is -0.143. The number of esters is 1. The number of aliphatic carboxylic acids is 1. The highest BCUT2D eigenvalue weighted by molar-refractivity contribution is 5.92. The summed E-state index contributed by atoms with van der Waals surface area (Å²) in [6.07, 6.45) is -0.830. The lowest BCUT2D eigenvalue weighted by Crippen LogP contribution is -2.26. The molecule has 0 bridgehead atoms. The van der Waals surface area contributed by atoms with Crippen LogP contribution in [-0.2, 0) is 14.9 Å². The molecule has 0 radical (unpaired) electrons. The number of carboxylic acid groups (broad SMARTS) is 1. The average Bonchev–Trinajstić information content (AvgIpc) is 2.67. The number of alkyl halides is 2. The molecule has 0 aromatic carbocycles. The van der Waals surface area contributed by atoms with E-state index in [0.717, 1.165) is 13.2 Å². The third-order valence-corrected chi connectivity index (χ3v) is 3.10. The summed E-state index contributed by atoms with van der Waals surface area (Å²) in [7, 11) is 1.13. The van der Waals surface area contributed by atoms with Crippen molar-refractivity contribution < 1.29 is 32.6 Å². The molecule has 1 aliphatic carbocycles. The van der Waals surface area contributed by atoms with Crippen molar-refractivity contribution >= 4 is 11.9 Å². The van der Waals surface area contributed by atoms with Gasteiger partial charge in [-0.05, 0) is 13.0 Å². The van der Waals surface area contributed by atoms with E-state index in [9.17, 15) is 18.4 Å². The maximum atomic E-state index is 13.3. The van der Waals surface area contributed by atoms with Crippen molar-refractivity contribution in [2.75, 3.05) is 7.11 Å². The molecule has 1 aromatic heterocycles. The van der Waals surface area contributed by atoms with Crippen LogP contribution >= 0.6 is 0 Å². The summed E-state index contributed by atoms with van der Waals surface area (Å²) in [6, 6.07) is 1.01. The molecule has 5 nitrogen and oxygen atoms in total. The molecule has 1 aliphatic rings. The van der Waals surface area contributed by atoms with Crippen LogP contribution in [0.1, 0.15) is 28.3 Å². The molecular formula is C11H10F2O5. The van der Waals surface area contributed by atoms with Gasteiger partial charge in [-0.3, -0.25) is 4.79 Å². The highest BCUT2D eigenvalue weighted by Gasteiger charge is 2.79. The maximum Gasteiger partial charge on any atom is 0.341 e. The van der Waals surface area contributed by atoms with E-state index in [-0.39, 0.29) is 11.3 Å². The summed E-state index contributed by atoms with van der Waals surface area (Å²) in [6.45, 7) is 1.38. The van der Waals surface area contributed by atoms with Gasteiger partial charge in [-0.25, -0.2) is 13.6 Å². The molecule has 1 fully saturated rings. The minimum Gasteiger partial charge on any atom is -0.480 e. The Bertz CT molecular complexity index is 534. The van der Waals surface area contributed by atoms with E-state index in [1.165, 1.54) is 6.92 Å². The summed E-state index contributed by atoms with van der Waals surface area (Å²) >= 11 is 0. The molecule has 1 atom stereocenters. The number of hydrogen-bond donors (Lipinski definition) is 1. The Morgan fingerprint density at radius 2 is 2.06 bits per heavy atom. The van der Waals surface area contributed by atoms with Gasteiger partial charge in [0.25, 0.3) is 5.92 Å². The monoisotopic (exact) mass is 260 g/mol. The Balaban J connectivity index is 2.47. The van der Waals surface area contributed by atoms with Crippen LogP contribution in [0.4, 0.5) is 8.78 Å². The summed E-state index contributed by atoms with van der Waals surface area (Å²) in [4.78, 5) is 22.3. The van der Waals surface area contributed by atoms with Gasteiger partial charge in [0.15, 0.2) is 5.41 Å². The van der Waals surface area contributed by atoms with E-state index in [4.69, 9.17) is 9.52 Å². The van der Waals surface area contributed by atoms with Gasteiger partial charge in [-0.1, -0.05) is 0 Å². The summed E-state index contributed by atoms with van der Waals surface area (Å²) in [5.74, 6) is -6.15. The highest BCUT2D eigenvalue weighted by Crippen LogP contribution is 2.62. The highest BCUT2D eigenvalue weighted by atomic mass is 19.3. The van der Waals surface area contributed by atoms with Crippen LogP contribution in [0, 0.1) is 6.92 Å². The zero-order valence-electron chi connectivity index (χ0n) is 9.62. The third-order valence-electron chi connectivity index (χ3n) is 3.10. The number of ether oxygens (including phenoxy) is 1. The lowest BCUT2D eigenvalue weighted by Gasteiger charge is -2.06. The minimum atomic E-state index is -3.36. The molecule has 1 heterocycles. The molecule has 1 N–H and O–H groups in total. The predicted octanol–water partition coefficient (Wildman–Crippen LogP) is 1.74. The van der Waals surface area contributed by atoms with Gasteiger partial charge < -0.3 is 14.3 Å². The third kappa shape index (κ3) is 1.43. The van der Waals surface area contributed by atoms with Crippen LogP contribution in [0.3, 0.4) is 0 Å². The normalized spacial score (nSPS) is 24.7. The van der Waals surface area contributed by atoms with Crippen molar-refractivity contribution in [3.63, 3.8) is 0 Å². The van der Waals surface area contributed by atoms with Gasteiger partial charge >= 0.3 is 11.9 Å². The molecule has 98 valence electrons. The van der Waals surface area contributed by atoms with Gasteiger partial charge in [0.1, 0.15) is 17.1 Å². The standard InChI is InChI=1S/C11H10F2O5/c1-5-6(8(14)17-2)3-7(18-5)10(9(15)16)4-11(10,12)13/h3H,4H2,1-2H3,(H,15,16). The molecule has 18 heavy (non-hydrogen) atoms. The Morgan fingerprint density at radius 3 is 2.44 bits per heavy atom.